The lowest BCUT2D eigenvalue weighted by molar-refractivity contribution is -0.117. The number of carbonyl (C=O) groups excluding carboxylic acids is 2. The summed E-state index contributed by atoms with van der Waals surface area (Å²) in [5.41, 5.74) is 3.51. The highest BCUT2D eigenvalue weighted by molar-refractivity contribution is 6.33. The predicted octanol–water partition coefficient (Wildman–Crippen LogP) is 3.46. The Hall–Kier alpha value is -2.50. The summed E-state index contributed by atoms with van der Waals surface area (Å²) in [6, 6.07) is 11.6. The minimum atomic E-state index is -0.512. The van der Waals surface area contributed by atoms with Gasteiger partial charge < -0.3 is 4.74 Å². The van der Waals surface area contributed by atoms with E-state index in [2.05, 4.69) is 5.43 Å². The maximum absolute atomic E-state index is 12.6. The zero-order valence-electron chi connectivity index (χ0n) is 12.5. The highest BCUT2D eigenvalue weighted by Gasteiger charge is 2.34. The van der Waals surface area contributed by atoms with E-state index in [4.69, 9.17) is 27.9 Å². The van der Waals surface area contributed by atoms with Crippen LogP contribution in [0.3, 0.4) is 0 Å². The summed E-state index contributed by atoms with van der Waals surface area (Å²) in [5.74, 6) is -0.486. The predicted molar refractivity (Wildman–Crippen MR) is 93.1 cm³/mol. The van der Waals surface area contributed by atoms with Gasteiger partial charge in [0.2, 0.25) is 0 Å². The van der Waals surface area contributed by atoms with Crippen LogP contribution < -0.4 is 15.2 Å². The van der Waals surface area contributed by atoms with Crippen LogP contribution in [0.2, 0.25) is 10.0 Å². The molecule has 0 bridgehead atoms. The van der Waals surface area contributed by atoms with Crippen molar-refractivity contribution in [1.82, 2.24) is 5.43 Å². The molecule has 24 heavy (non-hydrogen) atoms. The molecule has 2 amide bonds. The fraction of sp³-hybridized carbons (Fsp3) is 0.0588. The number of anilines is 1. The van der Waals surface area contributed by atoms with Crippen molar-refractivity contribution in [1.29, 1.82) is 0 Å². The van der Waals surface area contributed by atoms with Crippen LogP contribution in [0.5, 0.6) is 5.75 Å². The number of nitrogens with one attached hydrogen (secondary N) is 1. The first-order chi connectivity index (χ1) is 11.5. The molecule has 1 heterocycles. The van der Waals surface area contributed by atoms with Crippen LogP contribution in [0.25, 0.3) is 6.08 Å². The molecule has 1 aliphatic rings. The maximum Gasteiger partial charge on any atom is 0.282 e. The number of nitrogens with zero attached hydrogens (tertiary/aromatic N) is 1. The third-order valence-corrected chi connectivity index (χ3v) is 3.92. The van der Waals surface area contributed by atoms with Gasteiger partial charge in [0.05, 0.1) is 12.8 Å². The molecular weight excluding hydrogens is 351 g/mol. The van der Waals surface area contributed by atoms with E-state index in [-0.39, 0.29) is 5.57 Å². The number of hydrogen-bond acceptors (Lipinski definition) is 3. The summed E-state index contributed by atoms with van der Waals surface area (Å²) in [6.45, 7) is 0. The van der Waals surface area contributed by atoms with Gasteiger partial charge in [0.15, 0.2) is 0 Å². The van der Waals surface area contributed by atoms with Gasteiger partial charge in [-0.3, -0.25) is 15.0 Å². The van der Waals surface area contributed by atoms with E-state index in [1.54, 1.807) is 42.5 Å². The second-order valence-corrected chi connectivity index (χ2v) is 5.88. The average Bonchev–Trinajstić information content (AvgIpc) is 2.83. The first-order valence-corrected chi connectivity index (χ1v) is 7.71. The number of benzene rings is 2. The summed E-state index contributed by atoms with van der Waals surface area (Å²) in [6.07, 6.45) is 1.45. The summed E-state index contributed by atoms with van der Waals surface area (Å²) >= 11 is 11.9. The van der Waals surface area contributed by atoms with Gasteiger partial charge in [-0.05, 0) is 42.5 Å². The normalized spacial score (nSPS) is 15.8. The van der Waals surface area contributed by atoms with E-state index in [0.717, 1.165) is 5.01 Å². The Morgan fingerprint density at radius 3 is 2.54 bits per heavy atom. The van der Waals surface area contributed by atoms with Gasteiger partial charge in [0.25, 0.3) is 11.8 Å². The third-order valence-electron chi connectivity index (χ3n) is 3.45. The molecular formula is C17H12Cl2N2O3. The minimum Gasteiger partial charge on any atom is -0.496 e. The van der Waals surface area contributed by atoms with Crippen molar-refractivity contribution >= 4 is 46.8 Å². The SMILES string of the molecule is COc1ccc(Cl)cc1/C=C1/C(=O)NN(c2cccc(Cl)c2)C1=O. The van der Waals surface area contributed by atoms with E-state index < -0.39 is 11.8 Å². The highest BCUT2D eigenvalue weighted by atomic mass is 35.5. The van der Waals surface area contributed by atoms with Gasteiger partial charge in [-0.15, -0.1) is 0 Å². The summed E-state index contributed by atoms with van der Waals surface area (Å²) in [5, 5.41) is 2.08. The van der Waals surface area contributed by atoms with E-state index in [9.17, 15) is 9.59 Å². The molecule has 0 unspecified atom stereocenters. The quantitative estimate of drug-likeness (QED) is 0.671. The fourth-order valence-electron chi connectivity index (χ4n) is 2.33. The van der Waals surface area contributed by atoms with Crippen molar-refractivity contribution in [3.8, 4) is 5.75 Å². The molecule has 3 rings (SSSR count). The van der Waals surface area contributed by atoms with Gasteiger partial charge in [-0.25, -0.2) is 5.01 Å². The van der Waals surface area contributed by atoms with Gasteiger partial charge >= 0.3 is 0 Å². The molecule has 0 aromatic heterocycles. The van der Waals surface area contributed by atoms with Crippen LogP contribution in [0, 0.1) is 0 Å². The Morgan fingerprint density at radius 1 is 1.08 bits per heavy atom. The zero-order valence-corrected chi connectivity index (χ0v) is 14.1. The topological polar surface area (TPSA) is 58.6 Å². The van der Waals surface area contributed by atoms with E-state index in [0.29, 0.717) is 27.0 Å². The molecule has 1 saturated heterocycles. The maximum atomic E-state index is 12.6. The van der Waals surface area contributed by atoms with Crippen molar-refractivity contribution in [2.45, 2.75) is 0 Å². The Balaban J connectivity index is 1.99. The lowest BCUT2D eigenvalue weighted by atomic mass is 10.1. The molecule has 1 aliphatic heterocycles. The number of rotatable bonds is 3. The standard InChI is InChI=1S/C17H12Cl2N2O3/c1-24-15-6-5-12(19)7-10(15)8-14-16(22)20-21(17(14)23)13-4-2-3-11(18)9-13/h2-9H,1H3,(H,20,22)/b14-8-. The van der Waals surface area contributed by atoms with Crippen LogP contribution in [0.4, 0.5) is 5.69 Å². The molecule has 7 heteroatoms. The van der Waals surface area contributed by atoms with Gasteiger partial charge in [0, 0.05) is 15.6 Å². The minimum absolute atomic E-state index is 0.0180. The first kappa shape index (κ1) is 16.4. The second-order valence-electron chi connectivity index (χ2n) is 5.01. The second kappa shape index (κ2) is 6.55. The number of carbonyl (C=O) groups is 2. The molecule has 0 saturated carbocycles. The molecule has 2 aromatic rings. The summed E-state index contributed by atoms with van der Waals surface area (Å²) < 4.78 is 5.23. The van der Waals surface area contributed by atoms with Crippen LogP contribution >= 0.6 is 23.2 Å². The third kappa shape index (κ3) is 3.09. The Kier molecular flexibility index (Phi) is 4.46. The Labute approximate surface area is 148 Å². The van der Waals surface area contributed by atoms with Crippen LogP contribution in [-0.2, 0) is 9.59 Å². The van der Waals surface area contributed by atoms with Crippen molar-refractivity contribution < 1.29 is 14.3 Å². The molecule has 2 aromatic carbocycles. The van der Waals surface area contributed by atoms with Gasteiger partial charge in [-0.1, -0.05) is 29.3 Å². The largest absolute Gasteiger partial charge is 0.496 e. The lowest BCUT2D eigenvalue weighted by Gasteiger charge is -2.14. The molecule has 0 atom stereocenters. The van der Waals surface area contributed by atoms with Crippen LogP contribution in [0.1, 0.15) is 5.56 Å². The van der Waals surface area contributed by atoms with Crippen molar-refractivity contribution in [2.75, 3.05) is 12.1 Å². The Bertz CT molecular complexity index is 865. The number of hydrazine groups is 1. The molecule has 1 fully saturated rings. The lowest BCUT2D eigenvalue weighted by Crippen LogP contribution is -2.35. The molecule has 0 radical (unpaired) electrons. The van der Waals surface area contributed by atoms with E-state index >= 15 is 0 Å². The highest BCUT2D eigenvalue weighted by Crippen LogP contribution is 2.28. The van der Waals surface area contributed by atoms with Crippen LogP contribution in [0.15, 0.2) is 48.0 Å². The number of hydrogen-bond donors (Lipinski definition) is 1. The number of amides is 2. The zero-order chi connectivity index (χ0) is 17.3. The molecule has 122 valence electrons. The van der Waals surface area contributed by atoms with Gasteiger partial charge in [0.1, 0.15) is 11.3 Å². The van der Waals surface area contributed by atoms with E-state index in [1.807, 2.05) is 0 Å². The molecule has 0 aliphatic carbocycles. The number of methoxy groups -OCH3 is 1. The smallest absolute Gasteiger partial charge is 0.282 e. The van der Waals surface area contributed by atoms with Crippen molar-refractivity contribution in [3.05, 3.63) is 63.6 Å². The Morgan fingerprint density at radius 2 is 1.83 bits per heavy atom. The van der Waals surface area contributed by atoms with Crippen molar-refractivity contribution in [3.63, 3.8) is 0 Å². The number of halogens is 2. The number of ether oxygens (including phenoxy) is 1. The monoisotopic (exact) mass is 362 g/mol. The summed E-state index contributed by atoms with van der Waals surface area (Å²) in [7, 11) is 1.50. The summed E-state index contributed by atoms with van der Waals surface area (Å²) in [4.78, 5) is 24.8. The van der Waals surface area contributed by atoms with Gasteiger partial charge in [-0.2, -0.15) is 0 Å². The molecule has 1 N–H and O–H groups in total. The van der Waals surface area contributed by atoms with Crippen LogP contribution in [-0.4, -0.2) is 18.9 Å². The molecule has 0 spiro atoms. The molecule has 5 nitrogen and oxygen atoms in total. The average molecular weight is 363 g/mol. The fourth-order valence-corrected chi connectivity index (χ4v) is 2.69. The first-order valence-electron chi connectivity index (χ1n) is 6.96. The van der Waals surface area contributed by atoms with E-state index in [1.165, 1.54) is 13.2 Å². The van der Waals surface area contributed by atoms with Crippen molar-refractivity contribution in [2.24, 2.45) is 0 Å².